The van der Waals surface area contributed by atoms with Crippen LogP contribution in [0.1, 0.15) is 113 Å². The van der Waals surface area contributed by atoms with Crippen molar-refractivity contribution in [2.24, 2.45) is 0 Å². The van der Waals surface area contributed by atoms with Crippen LogP contribution in [-0.4, -0.2) is 29.6 Å². The number of carbonyl (C=O) groups excluding carboxylic acids is 1. The standard InChI is InChI=1S/C26H40F3NO3/c27-26(28,29)20-12-10-8-6-4-2-1-3-5-7-9-11-13-21-30-23-16-14-22(15-17-23)24(31)18-19-25(32)33/h14-17,30H,1-13,18-21H2,(H,32,33). The van der Waals surface area contributed by atoms with Crippen LogP contribution in [0, 0.1) is 0 Å². The van der Waals surface area contributed by atoms with Gasteiger partial charge >= 0.3 is 12.1 Å². The molecule has 33 heavy (non-hydrogen) atoms. The van der Waals surface area contributed by atoms with E-state index in [0.717, 1.165) is 37.9 Å². The lowest BCUT2D eigenvalue weighted by Gasteiger charge is -2.07. The number of carboxylic acids is 1. The van der Waals surface area contributed by atoms with Crippen molar-refractivity contribution in [1.82, 2.24) is 0 Å². The van der Waals surface area contributed by atoms with E-state index in [-0.39, 0.29) is 25.0 Å². The van der Waals surface area contributed by atoms with Crippen LogP contribution < -0.4 is 5.32 Å². The predicted molar refractivity (Wildman–Crippen MR) is 127 cm³/mol. The second kappa shape index (κ2) is 17.4. The Labute approximate surface area is 196 Å². The Morgan fingerprint density at radius 1 is 0.697 bits per heavy atom. The summed E-state index contributed by atoms with van der Waals surface area (Å²) in [5, 5.41) is 12.0. The van der Waals surface area contributed by atoms with Gasteiger partial charge in [-0.05, 0) is 37.1 Å². The summed E-state index contributed by atoms with van der Waals surface area (Å²) in [4.78, 5) is 22.4. The minimum absolute atomic E-state index is 0.0243. The molecule has 0 saturated carbocycles. The number of Topliss-reactive ketones (excluding diaryl/α,β-unsaturated/α-hetero) is 1. The van der Waals surface area contributed by atoms with Crippen molar-refractivity contribution in [2.45, 2.75) is 109 Å². The largest absolute Gasteiger partial charge is 0.481 e. The number of hydrogen-bond donors (Lipinski definition) is 2. The molecular weight excluding hydrogens is 431 g/mol. The van der Waals surface area contributed by atoms with Gasteiger partial charge in [0.25, 0.3) is 0 Å². The molecule has 0 atom stereocenters. The van der Waals surface area contributed by atoms with Crippen LogP contribution in [0.25, 0.3) is 0 Å². The molecule has 0 bridgehead atoms. The summed E-state index contributed by atoms with van der Waals surface area (Å²) in [5.74, 6) is -1.11. The fourth-order valence-electron chi connectivity index (χ4n) is 3.77. The van der Waals surface area contributed by atoms with Crippen molar-refractivity contribution in [3.05, 3.63) is 29.8 Å². The number of nitrogens with one attached hydrogen (secondary N) is 1. The highest BCUT2D eigenvalue weighted by molar-refractivity contribution is 5.97. The Hall–Kier alpha value is -2.05. The van der Waals surface area contributed by atoms with Crippen molar-refractivity contribution in [3.63, 3.8) is 0 Å². The molecule has 0 unspecified atom stereocenters. The minimum Gasteiger partial charge on any atom is -0.481 e. The maximum absolute atomic E-state index is 12.0. The average Bonchev–Trinajstić information content (AvgIpc) is 2.76. The van der Waals surface area contributed by atoms with Gasteiger partial charge in [0.2, 0.25) is 0 Å². The average molecular weight is 472 g/mol. The molecule has 188 valence electrons. The summed E-state index contributed by atoms with van der Waals surface area (Å²) in [6, 6.07) is 7.19. The van der Waals surface area contributed by atoms with Gasteiger partial charge in [0.1, 0.15) is 0 Å². The molecular formula is C26H40F3NO3. The molecule has 0 radical (unpaired) electrons. The molecule has 0 amide bonds. The van der Waals surface area contributed by atoms with Crippen LogP contribution in [0.4, 0.5) is 18.9 Å². The van der Waals surface area contributed by atoms with E-state index in [4.69, 9.17) is 5.11 Å². The highest BCUT2D eigenvalue weighted by Gasteiger charge is 2.25. The van der Waals surface area contributed by atoms with E-state index >= 15 is 0 Å². The molecule has 0 aliphatic heterocycles. The predicted octanol–water partition coefficient (Wildman–Crippen LogP) is 8.17. The smallest absolute Gasteiger partial charge is 0.389 e. The number of unbranched alkanes of at least 4 members (excludes halogenated alkanes) is 12. The van der Waals surface area contributed by atoms with Gasteiger partial charge in [-0.1, -0.05) is 70.6 Å². The normalized spacial score (nSPS) is 11.5. The molecule has 0 aromatic heterocycles. The van der Waals surface area contributed by atoms with Crippen LogP contribution >= 0.6 is 0 Å². The maximum Gasteiger partial charge on any atom is 0.389 e. The second-order valence-electron chi connectivity index (χ2n) is 8.78. The molecule has 1 rings (SSSR count). The topological polar surface area (TPSA) is 66.4 Å². The van der Waals surface area contributed by atoms with Crippen LogP contribution in [0.15, 0.2) is 24.3 Å². The summed E-state index contributed by atoms with van der Waals surface area (Å²) in [6.45, 7) is 0.884. The fraction of sp³-hybridized carbons (Fsp3) is 0.692. The van der Waals surface area contributed by atoms with Gasteiger partial charge in [-0.2, -0.15) is 13.2 Å². The third kappa shape index (κ3) is 17.1. The molecule has 0 heterocycles. The van der Waals surface area contributed by atoms with Crippen LogP contribution in [0.3, 0.4) is 0 Å². The van der Waals surface area contributed by atoms with Gasteiger partial charge in [0, 0.05) is 30.6 Å². The zero-order valence-corrected chi connectivity index (χ0v) is 19.7. The van der Waals surface area contributed by atoms with E-state index in [9.17, 15) is 22.8 Å². The van der Waals surface area contributed by atoms with Crippen molar-refractivity contribution in [1.29, 1.82) is 0 Å². The van der Waals surface area contributed by atoms with E-state index in [1.165, 1.54) is 44.9 Å². The van der Waals surface area contributed by atoms with Gasteiger partial charge in [-0.3, -0.25) is 9.59 Å². The molecule has 0 fully saturated rings. The zero-order valence-electron chi connectivity index (χ0n) is 19.7. The highest BCUT2D eigenvalue weighted by Crippen LogP contribution is 2.23. The number of alkyl halides is 3. The maximum atomic E-state index is 12.0. The molecule has 1 aromatic carbocycles. The number of hydrogen-bond acceptors (Lipinski definition) is 3. The van der Waals surface area contributed by atoms with Gasteiger partial charge in [-0.25, -0.2) is 0 Å². The van der Waals surface area contributed by atoms with Crippen LogP contribution in [0.5, 0.6) is 0 Å². The molecule has 4 nitrogen and oxygen atoms in total. The summed E-state index contributed by atoms with van der Waals surface area (Å²) in [6.07, 6.45) is 8.92. The number of ketones is 1. The quantitative estimate of drug-likeness (QED) is 0.149. The first-order valence-electron chi connectivity index (χ1n) is 12.4. The molecule has 0 saturated heterocycles. The third-order valence-corrected chi connectivity index (χ3v) is 5.74. The highest BCUT2D eigenvalue weighted by atomic mass is 19.4. The molecule has 0 aliphatic rings. The first-order valence-corrected chi connectivity index (χ1v) is 12.4. The molecule has 7 heteroatoms. The summed E-state index contributed by atoms with van der Waals surface area (Å²) in [5.41, 5.74) is 1.51. The van der Waals surface area contributed by atoms with E-state index in [2.05, 4.69) is 5.32 Å². The minimum atomic E-state index is -4.00. The Morgan fingerprint density at radius 2 is 1.15 bits per heavy atom. The Kier molecular flexibility index (Phi) is 15.3. The first-order chi connectivity index (χ1) is 15.8. The number of rotatable bonds is 20. The van der Waals surface area contributed by atoms with Gasteiger partial charge < -0.3 is 10.4 Å². The van der Waals surface area contributed by atoms with Crippen molar-refractivity contribution in [3.8, 4) is 0 Å². The Morgan fingerprint density at radius 3 is 1.61 bits per heavy atom. The monoisotopic (exact) mass is 471 g/mol. The fourth-order valence-corrected chi connectivity index (χ4v) is 3.77. The number of anilines is 1. The molecule has 0 spiro atoms. The van der Waals surface area contributed by atoms with Crippen LogP contribution in [0.2, 0.25) is 0 Å². The summed E-state index contributed by atoms with van der Waals surface area (Å²) >= 11 is 0. The van der Waals surface area contributed by atoms with E-state index in [1.54, 1.807) is 12.1 Å². The van der Waals surface area contributed by atoms with Gasteiger partial charge in [0.15, 0.2) is 5.78 Å². The van der Waals surface area contributed by atoms with Crippen molar-refractivity contribution >= 4 is 17.4 Å². The van der Waals surface area contributed by atoms with E-state index < -0.39 is 18.6 Å². The Bertz CT molecular complexity index is 660. The number of carboxylic acid groups (broad SMARTS) is 1. The van der Waals surface area contributed by atoms with Crippen molar-refractivity contribution in [2.75, 3.05) is 11.9 Å². The van der Waals surface area contributed by atoms with Gasteiger partial charge in [-0.15, -0.1) is 0 Å². The lowest BCUT2D eigenvalue weighted by molar-refractivity contribution is -0.137. The second-order valence-corrected chi connectivity index (χ2v) is 8.78. The van der Waals surface area contributed by atoms with E-state index in [0.29, 0.717) is 12.0 Å². The molecule has 1 aromatic rings. The Balaban J connectivity index is 1.89. The van der Waals surface area contributed by atoms with Crippen LogP contribution in [-0.2, 0) is 4.79 Å². The molecule has 2 N–H and O–H groups in total. The lowest BCUT2D eigenvalue weighted by Crippen LogP contribution is -2.06. The third-order valence-electron chi connectivity index (χ3n) is 5.74. The number of aliphatic carboxylic acids is 1. The van der Waals surface area contributed by atoms with E-state index in [1.807, 2.05) is 12.1 Å². The summed E-state index contributed by atoms with van der Waals surface area (Å²) < 4.78 is 36.1. The molecule has 0 aliphatic carbocycles. The zero-order chi connectivity index (χ0) is 24.4. The number of benzene rings is 1. The first kappa shape index (κ1) is 29.0. The number of carbonyl (C=O) groups is 2. The lowest BCUT2D eigenvalue weighted by atomic mass is 10.0. The van der Waals surface area contributed by atoms with Crippen molar-refractivity contribution < 1.29 is 27.9 Å². The SMILES string of the molecule is O=C(O)CCC(=O)c1ccc(NCCCCCCCCCCCCCCCC(F)(F)F)cc1. The summed E-state index contributed by atoms with van der Waals surface area (Å²) in [7, 11) is 0. The van der Waals surface area contributed by atoms with Gasteiger partial charge in [0.05, 0.1) is 6.42 Å². The number of halogens is 3.